The van der Waals surface area contributed by atoms with Crippen molar-refractivity contribution >= 4 is 38.6 Å². The van der Waals surface area contributed by atoms with Crippen LogP contribution < -0.4 is 5.43 Å². The summed E-state index contributed by atoms with van der Waals surface area (Å²) in [6, 6.07) is 17.5. The molecule has 22 heavy (non-hydrogen) atoms. The van der Waals surface area contributed by atoms with E-state index in [1.165, 1.54) is 5.56 Å². The number of aromatic hydroxyl groups is 1. The van der Waals surface area contributed by atoms with Gasteiger partial charge in [0.2, 0.25) is 0 Å². The number of nitrogens with one attached hydrogen (secondary N) is 1. The van der Waals surface area contributed by atoms with Crippen LogP contribution in [0.25, 0.3) is 10.8 Å². The number of phenols is 1. The number of rotatable bonds is 3. The fourth-order valence-electron chi connectivity index (χ4n) is 2.25. The highest BCUT2D eigenvalue weighted by molar-refractivity contribution is 9.10. The van der Waals surface area contributed by atoms with Gasteiger partial charge in [-0.15, -0.1) is 0 Å². The van der Waals surface area contributed by atoms with E-state index in [0.717, 1.165) is 20.9 Å². The number of hydrogen-bond acceptors (Lipinski definition) is 3. The van der Waals surface area contributed by atoms with Crippen molar-refractivity contribution in [1.29, 1.82) is 0 Å². The standard InChI is InChI=1S/C18H15BrN2O/c1-12-2-6-15(7-3-12)21-20-11-17-16-8-5-14(19)10-13(16)4-9-18(17)22/h2-11,21-22H,1H3/b20-11+. The second-order valence-electron chi connectivity index (χ2n) is 5.10. The normalized spacial score (nSPS) is 11.2. The maximum absolute atomic E-state index is 10.1. The Labute approximate surface area is 137 Å². The molecule has 2 N–H and O–H groups in total. The van der Waals surface area contributed by atoms with E-state index in [4.69, 9.17) is 0 Å². The van der Waals surface area contributed by atoms with Gasteiger partial charge in [0.1, 0.15) is 5.75 Å². The number of hydrazone groups is 1. The predicted molar refractivity (Wildman–Crippen MR) is 95.7 cm³/mol. The number of hydrogen-bond donors (Lipinski definition) is 2. The van der Waals surface area contributed by atoms with Crippen molar-refractivity contribution in [3.8, 4) is 5.75 Å². The molecule has 0 aliphatic heterocycles. The maximum Gasteiger partial charge on any atom is 0.125 e. The molecule has 0 unspecified atom stereocenters. The third kappa shape index (κ3) is 3.12. The Kier molecular flexibility index (Phi) is 4.11. The third-order valence-electron chi connectivity index (χ3n) is 3.44. The van der Waals surface area contributed by atoms with Crippen molar-refractivity contribution in [2.45, 2.75) is 6.92 Å². The summed E-state index contributed by atoms with van der Waals surface area (Å²) < 4.78 is 1.01. The Morgan fingerprint density at radius 2 is 1.82 bits per heavy atom. The lowest BCUT2D eigenvalue weighted by atomic mass is 10.0. The molecule has 0 heterocycles. The van der Waals surface area contributed by atoms with E-state index < -0.39 is 0 Å². The van der Waals surface area contributed by atoms with E-state index in [2.05, 4.69) is 26.5 Å². The van der Waals surface area contributed by atoms with Gasteiger partial charge in [0.15, 0.2) is 0 Å². The first-order valence-electron chi connectivity index (χ1n) is 6.90. The van der Waals surface area contributed by atoms with Crippen LogP contribution in [0.1, 0.15) is 11.1 Å². The van der Waals surface area contributed by atoms with Gasteiger partial charge in [0, 0.05) is 10.0 Å². The molecule has 3 aromatic rings. The van der Waals surface area contributed by atoms with Gasteiger partial charge < -0.3 is 5.11 Å². The number of anilines is 1. The molecular formula is C18H15BrN2O. The van der Waals surface area contributed by atoms with Gasteiger partial charge in [0.25, 0.3) is 0 Å². The van der Waals surface area contributed by atoms with Gasteiger partial charge in [-0.3, -0.25) is 5.43 Å². The number of phenolic OH excluding ortho intramolecular Hbond substituents is 1. The number of benzene rings is 3. The summed E-state index contributed by atoms with van der Waals surface area (Å²) in [7, 11) is 0. The summed E-state index contributed by atoms with van der Waals surface area (Å²) in [6.45, 7) is 2.04. The second kappa shape index (κ2) is 6.20. The van der Waals surface area contributed by atoms with Crippen LogP contribution in [0.15, 0.2) is 64.2 Å². The smallest absolute Gasteiger partial charge is 0.125 e. The molecule has 0 aromatic heterocycles. The average molecular weight is 355 g/mol. The molecule has 4 heteroatoms. The molecule has 110 valence electrons. The molecule has 0 amide bonds. The molecule has 3 nitrogen and oxygen atoms in total. The first kappa shape index (κ1) is 14.6. The van der Waals surface area contributed by atoms with E-state index in [1.807, 2.05) is 55.5 Å². The molecule has 0 saturated heterocycles. The van der Waals surface area contributed by atoms with Crippen LogP contribution in [0.4, 0.5) is 5.69 Å². The minimum Gasteiger partial charge on any atom is -0.507 e. The zero-order chi connectivity index (χ0) is 15.5. The van der Waals surface area contributed by atoms with Crippen LogP contribution in [0.2, 0.25) is 0 Å². The molecule has 0 spiro atoms. The average Bonchev–Trinajstić information content (AvgIpc) is 2.51. The van der Waals surface area contributed by atoms with Crippen LogP contribution in [0.5, 0.6) is 5.75 Å². The highest BCUT2D eigenvalue weighted by Gasteiger charge is 2.05. The number of fused-ring (bicyclic) bond motifs is 1. The lowest BCUT2D eigenvalue weighted by Crippen LogP contribution is -1.92. The summed E-state index contributed by atoms with van der Waals surface area (Å²) in [5.41, 5.74) is 5.78. The molecule has 0 saturated carbocycles. The van der Waals surface area contributed by atoms with Crippen LogP contribution >= 0.6 is 15.9 Å². The van der Waals surface area contributed by atoms with Crippen LogP contribution in [0, 0.1) is 6.92 Å². The van der Waals surface area contributed by atoms with Gasteiger partial charge in [0.05, 0.1) is 11.9 Å². The highest BCUT2D eigenvalue weighted by atomic mass is 79.9. The van der Waals surface area contributed by atoms with Crippen molar-refractivity contribution < 1.29 is 5.11 Å². The Balaban J connectivity index is 1.91. The molecule has 0 aliphatic carbocycles. The molecule has 0 radical (unpaired) electrons. The summed E-state index contributed by atoms with van der Waals surface area (Å²) in [5, 5.41) is 16.3. The van der Waals surface area contributed by atoms with E-state index in [0.29, 0.717) is 5.56 Å². The minimum atomic E-state index is 0.212. The lowest BCUT2D eigenvalue weighted by molar-refractivity contribution is 0.475. The first-order valence-corrected chi connectivity index (χ1v) is 7.70. The van der Waals surface area contributed by atoms with Gasteiger partial charge in [-0.05, 0) is 48.0 Å². The van der Waals surface area contributed by atoms with Crippen molar-refractivity contribution in [2.24, 2.45) is 5.10 Å². The zero-order valence-corrected chi connectivity index (χ0v) is 13.6. The lowest BCUT2D eigenvalue weighted by Gasteiger charge is -2.06. The molecule has 0 bridgehead atoms. The van der Waals surface area contributed by atoms with Crippen molar-refractivity contribution in [3.05, 3.63) is 70.2 Å². The Morgan fingerprint density at radius 3 is 2.59 bits per heavy atom. The van der Waals surface area contributed by atoms with Crippen molar-refractivity contribution in [3.63, 3.8) is 0 Å². The van der Waals surface area contributed by atoms with E-state index in [9.17, 15) is 5.11 Å². The summed E-state index contributed by atoms with van der Waals surface area (Å²) in [5.74, 6) is 0.212. The SMILES string of the molecule is Cc1ccc(N/N=C/c2c(O)ccc3cc(Br)ccc23)cc1. The van der Waals surface area contributed by atoms with Crippen LogP contribution in [-0.2, 0) is 0 Å². The van der Waals surface area contributed by atoms with Gasteiger partial charge in [-0.2, -0.15) is 5.10 Å². The number of halogens is 1. The largest absolute Gasteiger partial charge is 0.507 e. The fraction of sp³-hybridized carbons (Fsp3) is 0.0556. The molecule has 0 fully saturated rings. The van der Waals surface area contributed by atoms with Crippen LogP contribution in [0.3, 0.4) is 0 Å². The monoisotopic (exact) mass is 354 g/mol. The Bertz CT molecular complexity index is 842. The van der Waals surface area contributed by atoms with Gasteiger partial charge in [-0.1, -0.05) is 45.8 Å². The van der Waals surface area contributed by atoms with Crippen molar-refractivity contribution in [2.75, 3.05) is 5.43 Å². The third-order valence-corrected chi connectivity index (χ3v) is 3.93. The Hall–Kier alpha value is -2.33. The highest BCUT2D eigenvalue weighted by Crippen LogP contribution is 2.28. The van der Waals surface area contributed by atoms with Gasteiger partial charge in [-0.25, -0.2) is 0 Å². The second-order valence-corrected chi connectivity index (χ2v) is 6.02. The summed E-state index contributed by atoms with van der Waals surface area (Å²) in [6.07, 6.45) is 1.64. The molecule has 3 aromatic carbocycles. The van der Waals surface area contributed by atoms with Gasteiger partial charge >= 0.3 is 0 Å². The maximum atomic E-state index is 10.1. The quantitative estimate of drug-likeness (QED) is 0.509. The first-order chi connectivity index (χ1) is 10.6. The predicted octanol–water partition coefficient (Wildman–Crippen LogP) is 5.06. The summed E-state index contributed by atoms with van der Waals surface area (Å²) in [4.78, 5) is 0. The van der Waals surface area contributed by atoms with Crippen molar-refractivity contribution in [1.82, 2.24) is 0 Å². The molecule has 0 aliphatic rings. The van der Waals surface area contributed by atoms with E-state index in [-0.39, 0.29) is 5.75 Å². The van der Waals surface area contributed by atoms with E-state index in [1.54, 1.807) is 12.3 Å². The van der Waals surface area contributed by atoms with Crippen LogP contribution in [-0.4, -0.2) is 11.3 Å². The Morgan fingerprint density at radius 1 is 1.05 bits per heavy atom. The minimum absolute atomic E-state index is 0.212. The molecule has 3 rings (SSSR count). The zero-order valence-electron chi connectivity index (χ0n) is 12.0. The number of nitrogens with zero attached hydrogens (tertiary/aromatic N) is 1. The summed E-state index contributed by atoms with van der Waals surface area (Å²) >= 11 is 3.46. The topological polar surface area (TPSA) is 44.6 Å². The fourth-order valence-corrected chi connectivity index (χ4v) is 2.63. The number of aryl methyl sites for hydroxylation is 1. The molecule has 0 atom stereocenters. The van der Waals surface area contributed by atoms with E-state index >= 15 is 0 Å². The molecular weight excluding hydrogens is 340 g/mol.